The van der Waals surface area contributed by atoms with Crippen molar-refractivity contribution in [2.45, 2.75) is 20.5 Å². The van der Waals surface area contributed by atoms with Crippen molar-refractivity contribution in [1.82, 2.24) is 0 Å². The smallest absolute Gasteiger partial charge is 0.265 e. The number of ether oxygens (including phenoxy) is 1. The quantitative estimate of drug-likeness (QED) is 0.564. The number of halogens is 1. The second kappa shape index (κ2) is 6.32. The summed E-state index contributed by atoms with van der Waals surface area (Å²) < 4.78 is 6.84. The number of amides is 1. The summed E-state index contributed by atoms with van der Waals surface area (Å²) in [5, 5.41) is 3.01. The average molecular weight is 414 g/mol. The molecule has 0 radical (unpaired) electrons. The highest BCUT2D eigenvalue weighted by Crippen LogP contribution is 2.44. The maximum Gasteiger partial charge on any atom is 0.265 e. The van der Waals surface area contributed by atoms with Gasteiger partial charge in [-0.2, -0.15) is 0 Å². The molecule has 1 N–H and O–H groups in total. The number of rotatable bonds is 2. The van der Waals surface area contributed by atoms with Crippen LogP contribution in [0.15, 0.2) is 46.9 Å². The number of nitrogens with one attached hydrogen (secondary N) is 1. The lowest BCUT2D eigenvalue weighted by atomic mass is 10.0. The highest BCUT2D eigenvalue weighted by molar-refractivity contribution is 9.10. The molecule has 3 nitrogen and oxygen atoms in total. The van der Waals surface area contributed by atoms with E-state index in [-0.39, 0.29) is 5.91 Å². The molecule has 3 aromatic rings. The van der Waals surface area contributed by atoms with Crippen molar-refractivity contribution in [3.63, 3.8) is 0 Å². The fraction of sp³-hybridized carbons (Fsp3) is 0.150. The van der Waals surface area contributed by atoms with Crippen LogP contribution in [0.4, 0.5) is 5.69 Å². The topological polar surface area (TPSA) is 38.3 Å². The molecule has 1 amide bonds. The van der Waals surface area contributed by atoms with Crippen molar-refractivity contribution in [2.24, 2.45) is 0 Å². The minimum Gasteiger partial charge on any atom is -0.488 e. The first-order valence-corrected chi connectivity index (χ1v) is 9.57. The Hall–Kier alpha value is -2.11. The van der Waals surface area contributed by atoms with E-state index < -0.39 is 0 Å². The Balaban J connectivity index is 1.67. The fourth-order valence-corrected chi connectivity index (χ4v) is 4.67. The van der Waals surface area contributed by atoms with Crippen LogP contribution in [0.2, 0.25) is 0 Å². The standard InChI is InChI=1S/C20H16BrNO2S/c1-11-4-3-5-16-18(11)19-13(10-24-16)9-17(25-19)20(23)22-15-7-6-14(21)8-12(15)2/h3-9H,10H2,1-2H3,(H,22,23). The number of hydrogen-bond acceptors (Lipinski definition) is 3. The van der Waals surface area contributed by atoms with Gasteiger partial charge in [-0.1, -0.05) is 28.1 Å². The first-order valence-electron chi connectivity index (χ1n) is 7.96. The Bertz CT molecular complexity index is 993. The summed E-state index contributed by atoms with van der Waals surface area (Å²) in [4.78, 5) is 14.5. The Kier molecular flexibility index (Phi) is 4.13. The lowest BCUT2D eigenvalue weighted by Crippen LogP contribution is -2.11. The van der Waals surface area contributed by atoms with Crippen LogP contribution in [-0.4, -0.2) is 5.91 Å². The predicted octanol–water partition coefficient (Wildman–Crippen LogP) is 5.94. The van der Waals surface area contributed by atoms with E-state index in [9.17, 15) is 4.79 Å². The number of carbonyl (C=O) groups is 1. The van der Waals surface area contributed by atoms with E-state index in [0.29, 0.717) is 11.5 Å². The van der Waals surface area contributed by atoms with Crippen LogP contribution in [-0.2, 0) is 6.61 Å². The van der Waals surface area contributed by atoms with E-state index in [1.807, 2.05) is 43.3 Å². The Morgan fingerprint density at radius 2 is 2.00 bits per heavy atom. The summed E-state index contributed by atoms with van der Waals surface area (Å²) in [5.74, 6) is 0.810. The van der Waals surface area contributed by atoms with Crippen molar-refractivity contribution in [1.29, 1.82) is 0 Å². The highest BCUT2D eigenvalue weighted by atomic mass is 79.9. The van der Waals surface area contributed by atoms with Crippen LogP contribution < -0.4 is 10.1 Å². The summed E-state index contributed by atoms with van der Waals surface area (Å²) in [6.45, 7) is 4.56. The van der Waals surface area contributed by atoms with Crippen LogP contribution in [0.5, 0.6) is 5.75 Å². The number of thiophene rings is 1. The zero-order valence-electron chi connectivity index (χ0n) is 13.9. The second-order valence-electron chi connectivity index (χ2n) is 6.12. The summed E-state index contributed by atoms with van der Waals surface area (Å²) in [5.41, 5.74) is 5.19. The molecule has 0 spiro atoms. The monoisotopic (exact) mass is 413 g/mol. The molecule has 5 heteroatoms. The Morgan fingerprint density at radius 3 is 2.80 bits per heavy atom. The Labute approximate surface area is 158 Å². The van der Waals surface area contributed by atoms with Crippen LogP contribution >= 0.6 is 27.3 Å². The number of benzene rings is 2. The molecule has 2 aromatic carbocycles. The normalized spacial score (nSPS) is 12.1. The van der Waals surface area contributed by atoms with Crippen molar-refractivity contribution >= 4 is 38.9 Å². The number of aryl methyl sites for hydroxylation is 2. The fourth-order valence-electron chi connectivity index (χ4n) is 3.02. The predicted molar refractivity (Wildman–Crippen MR) is 106 cm³/mol. The molecule has 25 heavy (non-hydrogen) atoms. The molecule has 1 aliphatic rings. The van der Waals surface area contributed by atoms with Crippen LogP contribution in [0, 0.1) is 13.8 Å². The third-order valence-corrected chi connectivity index (χ3v) is 6.00. The third-order valence-electron chi connectivity index (χ3n) is 4.31. The number of hydrogen-bond donors (Lipinski definition) is 1. The molecule has 2 heterocycles. The first-order chi connectivity index (χ1) is 12.0. The highest BCUT2D eigenvalue weighted by Gasteiger charge is 2.24. The number of anilines is 1. The number of carbonyl (C=O) groups excluding carboxylic acids is 1. The average Bonchev–Trinajstić information content (AvgIpc) is 3.02. The van der Waals surface area contributed by atoms with Gasteiger partial charge in [0.2, 0.25) is 0 Å². The molecule has 0 aliphatic carbocycles. The maximum absolute atomic E-state index is 12.7. The van der Waals surface area contributed by atoms with E-state index in [0.717, 1.165) is 43.0 Å². The minimum absolute atomic E-state index is 0.0834. The molecule has 126 valence electrons. The van der Waals surface area contributed by atoms with Crippen LogP contribution in [0.3, 0.4) is 0 Å². The zero-order valence-corrected chi connectivity index (χ0v) is 16.3. The summed E-state index contributed by atoms with van der Waals surface area (Å²) in [6.07, 6.45) is 0. The first kappa shape index (κ1) is 16.4. The van der Waals surface area contributed by atoms with Gasteiger partial charge in [0, 0.05) is 26.2 Å². The van der Waals surface area contributed by atoms with Gasteiger partial charge in [0.1, 0.15) is 12.4 Å². The van der Waals surface area contributed by atoms with Gasteiger partial charge in [0.25, 0.3) is 5.91 Å². The van der Waals surface area contributed by atoms with E-state index in [2.05, 4.69) is 34.2 Å². The molecule has 1 aromatic heterocycles. The van der Waals surface area contributed by atoms with Gasteiger partial charge in [-0.15, -0.1) is 11.3 Å². The third kappa shape index (κ3) is 2.98. The van der Waals surface area contributed by atoms with Gasteiger partial charge in [-0.05, 0) is 55.3 Å². The van der Waals surface area contributed by atoms with Crippen LogP contribution in [0.25, 0.3) is 10.4 Å². The van der Waals surface area contributed by atoms with E-state index >= 15 is 0 Å². The largest absolute Gasteiger partial charge is 0.488 e. The van der Waals surface area contributed by atoms with Crippen molar-refractivity contribution in [3.05, 3.63) is 68.5 Å². The van der Waals surface area contributed by atoms with Gasteiger partial charge in [-0.3, -0.25) is 4.79 Å². The molecule has 1 aliphatic heterocycles. The number of fused-ring (bicyclic) bond motifs is 3. The molecule has 0 unspecified atom stereocenters. The van der Waals surface area contributed by atoms with Gasteiger partial charge < -0.3 is 10.1 Å². The molecule has 0 saturated carbocycles. The Morgan fingerprint density at radius 1 is 1.16 bits per heavy atom. The summed E-state index contributed by atoms with van der Waals surface area (Å²) in [6, 6.07) is 13.8. The van der Waals surface area contributed by atoms with Gasteiger partial charge in [0.05, 0.1) is 4.88 Å². The van der Waals surface area contributed by atoms with Crippen molar-refractivity contribution < 1.29 is 9.53 Å². The molecule has 0 fully saturated rings. The van der Waals surface area contributed by atoms with Crippen molar-refractivity contribution in [2.75, 3.05) is 5.32 Å². The van der Waals surface area contributed by atoms with Gasteiger partial charge in [0.15, 0.2) is 0 Å². The van der Waals surface area contributed by atoms with Gasteiger partial charge in [-0.25, -0.2) is 0 Å². The summed E-state index contributed by atoms with van der Waals surface area (Å²) in [7, 11) is 0. The molecule has 0 atom stereocenters. The van der Waals surface area contributed by atoms with E-state index in [4.69, 9.17) is 4.74 Å². The van der Waals surface area contributed by atoms with Gasteiger partial charge >= 0.3 is 0 Å². The van der Waals surface area contributed by atoms with E-state index in [1.165, 1.54) is 11.3 Å². The lowest BCUT2D eigenvalue weighted by molar-refractivity contribution is 0.103. The molecular formula is C20H16BrNO2S. The lowest BCUT2D eigenvalue weighted by Gasteiger charge is -2.19. The van der Waals surface area contributed by atoms with Crippen LogP contribution in [0.1, 0.15) is 26.4 Å². The molecule has 4 rings (SSSR count). The van der Waals surface area contributed by atoms with Crippen molar-refractivity contribution in [3.8, 4) is 16.2 Å². The molecule has 0 saturated heterocycles. The SMILES string of the molecule is Cc1cc(Br)ccc1NC(=O)c1cc2c(s1)-c1c(C)cccc1OC2. The molecular weight excluding hydrogens is 398 g/mol. The van der Waals surface area contributed by atoms with E-state index in [1.54, 1.807) is 0 Å². The second-order valence-corrected chi connectivity index (χ2v) is 8.08. The minimum atomic E-state index is -0.0834. The maximum atomic E-state index is 12.7. The zero-order chi connectivity index (χ0) is 17.6. The summed E-state index contributed by atoms with van der Waals surface area (Å²) >= 11 is 4.97. The molecule has 0 bridgehead atoms.